The Hall–Kier alpha value is -1.10. The van der Waals surface area contributed by atoms with Crippen molar-refractivity contribution < 1.29 is 14.6 Å². The molecule has 0 radical (unpaired) electrons. The molecule has 1 aromatic rings. The molecule has 1 saturated carbocycles. The van der Waals surface area contributed by atoms with E-state index in [1.54, 1.807) is 0 Å². The van der Waals surface area contributed by atoms with Crippen LogP contribution < -0.4 is 4.74 Å². The van der Waals surface area contributed by atoms with E-state index < -0.39 is 5.60 Å². The molecule has 0 amide bonds. The highest BCUT2D eigenvalue weighted by atomic mass is 16.5. The van der Waals surface area contributed by atoms with Crippen molar-refractivity contribution in [3.05, 3.63) is 29.8 Å². The fourth-order valence-corrected chi connectivity index (χ4v) is 3.71. The third kappa shape index (κ3) is 4.69. The molecular formula is C19H29NO3. The van der Waals surface area contributed by atoms with E-state index >= 15 is 0 Å². The van der Waals surface area contributed by atoms with E-state index in [4.69, 9.17) is 9.47 Å². The minimum absolute atomic E-state index is 0.277. The fourth-order valence-electron chi connectivity index (χ4n) is 3.71. The Kier molecular flexibility index (Phi) is 5.57. The molecule has 3 rings (SSSR count). The van der Waals surface area contributed by atoms with Crippen molar-refractivity contribution in [1.82, 2.24) is 4.90 Å². The van der Waals surface area contributed by atoms with Crippen LogP contribution in [0.2, 0.25) is 0 Å². The van der Waals surface area contributed by atoms with Crippen LogP contribution in [-0.2, 0) is 4.74 Å². The molecule has 2 fully saturated rings. The highest BCUT2D eigenvalue weighted by molar-refractivity contribution is 5.27. The summed E-state index contributed by atoms with van der Waals surface area (Å²) in [5.41, 5.74) is 0.230. The van der Waals surface area contributed by atoms with Gasteiger partial charge in [0.15, 0.2) is 0 Å². The highest BCUT2D eigenvalue weighted by Gasteiger charge is 2.36. The average Bonchev–Trinajstić information content (AvgIpc) is 2.76. The SMILES string of the molecule is Cc1cccc(OCC2(O)COCCN(C3CCCCC3)C2)c1. The van der Waals surface area contributed by atoms with Crippen molar-refractivity contribution in [3.63, 3.8) is 0 Å². The summed E-state index contributed by atoms with van der Waals surface area (Å²) >= 11 is 0. The second-order valence-corrected chi connectivity index (χ2v) is 7.14. The number of nitrogens with zero attached hydrogens (tertiary/aromatic N) is 1. The van der Waals surface area contributed by atoms with Gasteiger partial charge in [0.1, 0.15) is 18.0 Å². The second-order valence-electron chi connectivity index (χ2n) is 7.14. The van der Waals surface area contributed by atoms with Gasteiger partial charge in [-0.25, -0.2) is 0 Å². The molecule has 1 heterocycles. The van der Waals surface area contributed by atoms with Crippen LogP contribution in [0.5, 0.6) is 5.75 Å². The third-order valence-corrected chi connectivity index (χ3v) is 4.98. The number of β-amino-alcohol motifs (C(OH)–C–C–N with tert-alkyl or cyclic N) is 1. The van der Waals surface area contributed by atoms with Crippen LogP contribution in [0.3, 0.4) is 0 Å². The van der Waals surface area contributed by atoms with E-state index in [2.05, 4.69) is 4.90 Å². The maximum atomic E-state index is 11.0. The lowest BCUT2D eigenvalue weighted by atomic mass is 9.93. The second kappa shape index (κ2) is 7.65. The lowest BCUT2D eigenvalue weighted by Crippen LogP contribution is -2.51. The van der Waals surface area contributed by atoms with E-state index in [0.29, 0.717) is 25.8 Å². The molecule has 4 nitrogen and oxygen atoms in total. The maximum absolute atomic E-state index is 11.0. The molecule has 0 spiro atoms. The summed E-state index contributed by atoms with van der Waals surface area (Å²) in [5.74, 6) is 0.812. The monoisotopic (exact) mass is 319 g/mol. The van der Waals surface area contributed by atoms with Crippen molar-refractivity contribution in [2.24, 2.45) is 0 Å². The van der Waals surface area contributed by atoms with Crippen LogP contribution in [0.4, 0.5) is 0 Å². The molecule has 128 valence electrons. The van der Waals surface area contributed by atoms with Gasteiger partial charge in [-0.1, -0.05) is 31.4 Å². The summed E-state index contributed by atoms with van der Waals surface area (Å²) in [6, 6.07) is 8.55. The van der Waals surface area contributed by atoms with Crippen LogP contribution >= 0.6 is 0 Å². The molecule has 1 aliphatic carbocycles. The Morgan fingerprint density at radius 2 is 2.13 bits per heavy atom. The molecule has 1 N–H and O–H groups in total. The zero-order chi connectivity index (χ0) is 16.1. The van der Waals surface area contributed by atoms with Gasteiger partial charge in [-0.05, 0) is 37.5 Å². The van der Waals surface area contributed by atoms with Gasteiger partial charge in [0, 0.05) is 19.1 Å². The normalized spacial score (nSPS) is 27.6. The largest absolute Gasteiger partial charge is 0.490 e. The van der Waals surface area contributed by atoms with Gasteiger partial charge in [0.2, 0.25) is 0 Å². The number of aryl methyl sites for hydroxylation is 1. The van der Waals surface area contributed by atoms with E-state index in [0.717, 1.165) is 17.9 Å². The van der Waals surface area contributed by atoms with Crippen molar-refractivity contribution in [3.8, 4) is 5.75 Å². The predicted octanol–water partition coefficient (Wildman–Crippen LogP) is 2.77. The molecule has 1 unspecified atom stereocenters. The summed E-state index contributed by atoms with van der Waals surface area (Å²) in [5, 5.41) is 11.0. The summed E-state index contributed by atoms with van der Waals surface area (Å²) in [6.07, 6.45) is 6.45. The number of hydrogen-bond acceptors (Lipinski definition) is 4. The fraction of sp³-hybridized carbons (Fsp3) is 0.684. The highest BCUT2D eigenvalue weighted by Crippen LogP contribution is 2.26. The lowest BCUT2D eigenvalue weighted by Gasteiger charge is -2.37. The first-order valence-electron chi connectivity index (χ1n) is 8.88. The molecule has 1 saturated heterocycles. The first-order chi connectivity index (χ1) is 11.1. The molecule has 1 aromatic carbocycles. The van der Waals surface area contributed by atoms with Gasteiger partial charge >= 0.3 is 0 Å². The molecule has 4 heteroatoms. The van der Waals surface area contributed by atoms with Gasteiger partial charge in [-0.2, -0.15) is 0 Å². The zero-order valence-electron chi connectivity index (χ0n) is 14.2. The standard InChI is InChI=1S/C19H29NO3/c1-16-6-5-9-18(12-16)23-15-19(21)13-20(10-11-22-14-19)17-7-3-2-4-8-17/h5-6,9,12,17,21H,2-4,7-8,10-11,13-15H2,1H3. The molecule has 1 atom stereocenters. The smallest absolute Gasteiger partial charge is 0.134 e. The van der Waals surface area contributed by atoms with Crippen LogP contribution in [-0.4, -0.2) is 54.6 Å². The number of rotatable bonds is 4. The molecule has 2 aliphatic rings. The first kappa shape index (κ1) is 16.7. The van der Waals surface area contributed by atoms with Crippen LogP contribution in [0.15, 0.2) is 24.3 Å². The van der Waals surface area contributed by atoms with E-state index in [1.807, 2.05) is 31.2 Å². The van der Waals surface area contributed by atoms with Gasteiger partial charge in [-0.3, -0.25) is 4.90 Å². The molecule has 23 heavy (non-hydrogen) atoms. The molecule has 1 aliphatic heterocycles. The van der Waals surface area contributed by atoms with Gasteiger partial charge < -0.3 is 14.6 Å². The summed E-state index contributed by atoms with van der Waals surface area (Å²) in [6.45, 7) is 4.92. The van der Waals surface area contributed by atoms with Crippen molar-refractivity contribution in [2.75, 3.05) is 32.9 Å². The van der Waals surface area contributed by atoms with Crippen LogP contribution in [0, 0.1) is 6.92 Å². The number of benzene rings is 1. The lowest BCUT2D eigenvalue weighted by molar-refractivity contribution is -0.0681. The Bertz CT molecular complexity index is 501. The molecule has 0 bridgehead atoms. The van der Waals surface area contributed by atoms with Gasteiger partial charge in [0.05, 0.1) is 13.2 Å². The van der Waals surface area contributed by atoms with Crippen LogP contribution in [0.25, 0.3) is 0 Å². The Morgan fingerprint density at radius 1 is 1.30 bits per heavy atom. The van der Waals surface area contributed by atoms with Gasteiger partial charge in [-0.15, -0.1) is 0 Å². The number of ether oxygens (including phenoxy) is 2. The van der Waals surface area contributed by atoms with Crippen molar-refractivity contribution >= 4 is 0 Å². The van der Waals surface area contributed by atoms with E-state index in [1.165, 1.54) is 32.1 Å². The van der Waals surface area contributed by atoms with Crippen molar-refractivity contribution in [1.29, 1.82) is 0 Å². The third-order valence-electron chi connectivity index (χ3n) is 4.98. The van der Waals surface area contributed by atoms with E-state index in [9.17, 15) is 5.11 Å². The zero-order valence-corrected chi connectivity index (χ0v) is 14.2. The Balaban J connectivity index is 1.61. The first-order valence-corrected chi connectivity index (χ1v) is 8.88. The quantitative estimate of drug-likeness (QED) is 0.926. The van der Waals surface area contributed by atoms with Crippen molar-refractivity contribution in [2.45, 2.75) is 50.7 Å². The van der Waals surface area contributed by atoms with Gasteiger partial charge in [0.25, 0.3) is 0 Å². The minimum Gasteiger partial charge on any atom is -0.490 e. The van der Waals surface area contributed by atoms with Crippen LogP contribution in [0.1, 0.15) is 37.7 Å². The molecular weight excluding hydrogens is 290 g/mol. The number of hydrogen-bond donors (Lipinski definition) is 1. The summed E-state index contributed by atoms with van der Waals surface area (Å²) in [7, 11) is 0. The average molecular weight is 319 g/mol. The topological polar surface area (TPSA) is 41.9 Å². The summed E-state index contributed by atoms with van der Waals surface area (Å²) in [4.78, 5) is 2.42. The summed E-state index contributed by atoms with van der Waals surface area (Å²) < 4.78 is 11.5. The maximum Gasteiger partial charge on any atom is 0.134 e. The minimum atomic E-state index is -0.933. The number of aliphatic hydroxyl groups is 1. The Morgan fingerprint density at radius 3 is 2.91 bits per heavy atom. The Labute approximate surface area is 139 Å². The predicted molar refractivity (Wildman–Crippen MR) is 90.9 cm³/mol. The van der Waals surface area contributed by atoms with E-state index in [-0.39, 0.29) is 6.61 Å². The molecule has 0 aromatic heterocycles.